The highest BCUT2D eigenvalue weighted by Crippen LogP contribution is 2.15. The number of carbonyl (C=O) groups excluding carboxylic acids is 1. The van der Waals surface area contributed by atoms with Crippen molar-refractivity contribution in [1.29, 1.82) is 0 Å². The van der Waals surface area contributed by atoms with Crippen molar-refractivity contribution < 1.29 is 14.3 Å². The van der Waals surface area contributed by atoms with Crippen LogP contribution in [0.3, 0.4) is 0 Å². The average molecular weight is 293 g/mol. The van der Waals surface area contributed by atoms with Crippen molar-refractivity contribution >= 4 is 5.91 Å². The maximum absolute atomic E-state index is 12.0. The zero-order chi connectivity index (χ0) is 15.1. The fraction of sp³-hybridized carbons (Fsp3) is 0.600. The molecule has 6 nitrogen and oxygen atoms in total. The van der Waals surface area contributed by atoms with Crippen molar-refractivity contribution in [2.45, 2.75) is 18.9 Å². The van der Waals surface area contributed by atoms with Crippen LogP contribution in [-0.4, -0.2) is 62.3 Å². The lowest BCUT2D eigenvalue weighted by Gasteiger charge is -2.12. The summed E-state index contributed by atoms with van der Waals surface area (Å²) in [6.45, 7) is 2.91. The minimum absolute atomic E-state index is 0.0379. The Morgan fingerprint density at radius 2 is 2.43 bits per heavy atom. The molecule has 1 fully saturated rings. The second-order valence-corrected chi connectivity index (χ2v) is 5.40. The van der Waals surface area contributed by atoms with Crippen LogP contribution in [0.2, 0.25) is 0 Å². The summed E-state index contributed by atoms with van der Waals surface area (Å²) in [7, 11) is 4.03. The van der Waals surface area contributed by atoms with Gasteiger partial charge < -0.3 is 19.7 Å². The van der Waals surface area contributed by atoms with Gasteiger partial charge in [0.25, 0.3) is 5.91 Å². The molecule has 1 amide bonds. The minimum Gasteiger partial charge on any atom is -0.472 e. The second kappa shape index (κ2) is 7.95. The van der Waals surface area contributed by atoms with Gasteiger partial charge in [-0.3, -0.25) is 4.79 Å². The first-order valence-corrected chi connectivity index (χ1v) is 7.28. The van der Waals surface area contributed by atoms with Crippen molar-refractivity contribution in [3.63, 3.8) is 0 Å². The number of nitrogens with zero attached hydrogens (tertiary/aromatic N) is 2. The molecule has 1 N–H and O–H groups in total. The molecule has 1 aromatic rings. The number of rotatable bonds is 7. The van der Waals surface area contributed by atoms with E-state index >= 15 is 0 Å². The largest absolute Gasteiger partial charge is 0.472 e. The summed E-state index contributed by atoms with van der Waals surface area (Å²) in [5, 5.41) is 2.90. The summed E-state index contributed by atoms with van der Waals surface area (Å²) in [5.41, 5.74) is 0.573. The Morgan fingerprint density at radius 1 is 1.57 bits per heavy atom. The summed E-state index contributed by atoms with van der Waals surface area (Å²) >= 11 is 0. The molecule has 1 aliphatic heterocycles. The maximum atomic E-state index is 12.0. The van der Waals surface area contributed by atoms with Crippen molar-refractivity contribution in [3.8, 4) is 5.88 Å². The number of ether oxygens (including phenoxy) is 2. The van der Waals surface area contributed by atoms with Crippen LogP contribution in [0.4, 0.5) is 0 Å². The molecule has 21 heavy (non-hydrogen) atoms. The molecular weight excluding hydrogens is 270 g/mol. The third kappa shape index (κ3) is 5.32. The zero-order valence-corrected chi connectivity index (χ0v) is 12.7. The highest BCUT2D eigenvalue weighted by molar-refractivity contribution is 5.94. The molecular formula is C15H23N3O3. The van der Waals surface area contributed by atoms with Gasteiger partial charge in [-0.15, -0.1) is 0 Å². The molecule has 1 atom stereocenters. The molecule has 116 valence electrons. The molecule has 0 aromatic carbocycles. The molecule has 0 saturated carbocycles. The van der Waals surface area contributed by atoms with Crippen LogP contribution in [0.5, 0.6) is 5.88 Å². The lowest BCUT2D eigenvalue weighted by molar-refractivity contribution is 0.0950. The predicted molar refractivity (Wildman–Crippen MR) is 79.6 cm³/mol. The van der Waals surface area contributed by atoms with Crippen molar-refractivity contribution in [2.75, 3.05) is 40.4 Å². The number of nitrogens with one attached hydrogen (secondary N) is 1. The number of hydrogen-bond acceptors (Lipinski definition) is 5. The van der Waals surface area contributed by atoms with E-state index in [1.807, 2.05) is 14.1 Å². The lowest BCUT2D eigenvalue weighted by atomic mass is 10.2. The first-order chi connectivity index (χ1) is 10.1. The first-order valence-electron chi connectivity index (χ1n) is 7.28. The van der Waals surface area contributed by atoms with Crippen LogP contribution in [-0.2, 0) is 4.74 Å². The third-order valence-electron chi connectivity index (χ3n) is 3.24. The molecule has 1 saturated heterocycles. The van der Waals surface area contributed by atoms with Gasteiger partial charge in [0.1, 0.15) is 6.10 Å². The summed E-state index contributed by atoms with van der Waals surface area (Å²) in [5.74, 6) is 0.384. The summed E-state index contributed by atoms with van der Waals surface area (Å²) in [4.78, 5) is 18.3. The van der Waals surface area contributed by atoms with Crippen molar-refractivity contribution in [1.82, 2.24) is 15.2 Å². The summed E-state index contributed by atoms with van der Waals surface area (Å²) in [6.07, 6.45) is 3.42. The maximum Gasteiger partial charge on any atom is 0.251 e. The van der Waals surface area contributed by atoms with Crippen molar-refractivity contribution in [2.24, 2.45) is 0 Å². The topological polar surface area (TPSA) is 63.7 Å². The van der Waals surface area contributed by atoms with E-state index in [2.05, 4.69) is 15.2 Å². The predicted octanol–water partition coefficient (Wildman–Crippen LogP) is 0.931. The van der Waals surface area contributed by atoms with Crippen LogP contribution >= 0.6 is 0 Å². The molecule has 0 radical (unpaired) electrons. The second-order valence-electron chi connectivity index (χ2n) is 5.40. The molecule has 1 aromatic heterocycles. The van der Waals surface area contributed by atoms with Crippen molar-refractivity contribution in [3.05, 3.63) is 23.9 Å². The summed E-state index contributed by atoms with van der Waals surface area (Å²) < 4.78 is 11.0. The summed E-state index contributed by atoms with van der Waals surface area (Å²) in [6, 6.07) is 3.37. The van der Waals surface area contributed by atoms with E-state index in [4.69, 9.17) is 9.47 Å². The number of hydrogen-bond donors (Lipinski definition) is 1. The number of pyridine rings is 1. The minimum atomic E-state index is -0.0938. The molecule has 0 spiro atoms. The van der Waals surface area contributed by atoms with Crippen LogP contribution in [0.1, 0.15) is 23.2 Å². The molecule has 0 bridgehead atoms. The Bertz CT molecular complexity index is 459. The molecule has 1 aliphatic rings. The van der Waals surface area contributed by atoms with Gasteiger partial charge in [0.15, 0.2) is 0 Å². The number of carbonyl (C=O) groups is 1. The quantitative estimate of drug-likeness (QED) is 0.758. The Kier molecular flexibility index (Phi) is 5.95. The van der Waals surface area contributed by atoms with Gasteiger partial charge in [0.2, 0.25) is 5.88 Å². The van der Waals surface area contributed by atoms with Gasteiger partial charge >= 0.3 is 0 Å². The molecule has 2 rings (SSSR count). The van der Waals surface area contributed by atoms with E-state index in [1.165, 1.54) is 0 Å². The van der Waals surface area contributed by atoms with E-state index < -0.39 is 0 Å². The molecule has 2 heterocycles. The van der Waals surface area contributed by atoms with Crippen LogP contribution in [0, 0.1) is 0 Å². The Hall–Kier alpha value is -1.66. The van der Waals surface area contributed by atoms with E-state index in [1.54, 1.807) is 18.3 Å². The van der Waals surface area contributed by atoms with Gasteiger partial charge in [0, 0.05) is 30.8 Å². The van der Waals surface area contributed by atoms with Gasteiger partial charge in [-0.1, -0.05) is 0 Å². The van der Waals surface area contributed by atoms with Crippen LogP contribution in [0.15, 0.2) is 18.3 Å². The van der Waals surface area contributed by atoms with E-state index in [0.717, 1.165) is 26.0 Å². The van der Waals surface area contributed by atoms with Gasteiger partial charge in [-0.25, -0.2) is 4.98 Å². The Balaban J connectivity index is 1.82. The van der Waals surface area contributed by atoms with E-state index in [0.29, 0.717) is 24.6 Å². The average Bonchev–Trinajstić information content (AvgIpc) is 2.96. The molecule has 0 aliphatic carbocycles. The van der Waals surface area contributed by atoms with Gasteiger partial charge in [0.05, 0.1) is 13.2 Å². The van der Waals surface area contributed by atoms with E-state index in [9.17, 15) is 4.79 Å². The highest BCUT2D eigenvalue weighted by atomic mass is 16.5. The monoisotopic (exact) mass is 293 g/mol. The lowest BCUT2D eigenvalue weighted by Crippen LogP contribution is -2.27. The Morgan fingerprint density at radius 3 is 3.14 bits per heavy atom. The van der Waals surface area contributed by atoms with Crippen LogP contribution < -0.4 is 10.1 Å². The zero-order valence-electron chi connectivity index (χ0n) is 12.7. The fourth-order valence-electron chi connectivity index (χ4n) is 2.09. The van der Waals surface area contributed by atoms with Crippen LogP contribution in [0.25, 0.3) is 0 Å². The van der Waals surface area contributed by atoms with Gasteiger partial charge in [-0.05, 0) is 33.1 Å². The first kappa shape index (κ1) is 15.7. The van der Waals surface area contributed by atoms with E-state index in [-0.39, 0.29) is 12.0 Å². The third-order valence-corrected chi connectivity index (χ3v) is 3.24. The van der Waals surface area contributed by atoms with Gasteiger partial charge in [-0.2, -0.15) is 0 Å². The Labute approximate surface area is 125 Å². The highest BCUT2D eigenvalue weighted by Gasteiger charge is 2.18. The number of aromatic nitrogens is 1. The normalized spacial score (nSPS) is 18.0. The molecule has 6 heteroatoms. The fourth-order valence-corrected chi connectivity index (χ4v) is 2.09. The SMILES string of the molecule is CN(C)CCCNC(=O)c1ccnc(O[C@H]2CCOC2)c1. The standard InChI is InChI=1S/C15H23N3O3/c1-18(2)8-3-6-17-15(19)12-4-7-16-14(10-12)21-13-5-9-20-11-13/h4,7,10,13H,3,5-6,8-9,11H2,1-2H3,(H,17,19)/t13-/m0/s1. The number of amides is 1. The molecule has 0 unspecified atom stereocenters. The smallest absolute Gasteiger partial charge is 0.251 e.